The predicted molar refractivity (Wildman–Crippen MR) is 102 cm³/mol. The summed E-state index contributed by atoms with van der Waals surface area (Å²) in [6.45, 7) is 7.32. The molecule has 0 spiro atoms. The van der Waals surface area contributed by atoms with E-state index >= 15 is 0 Å². The van der Waals surface area contributed by atoms with E-state index in [1.807, 2.05) is 0 Å². The lowest BCUT2D eigenvalue weighted by Gasteiger charge is -2.32. The summed E-state index contributed by atoms with van der Waals surface area (Å²) in [6, 6.07) is 0. The molecule has 0 heteroatoms. The maximum absolute atomic E-state index is 4.59. The van der Waals surface area contributed by atoms with Gasteiger partial charge >= 0.3 is 0 Å². The zero-order chi connectivity index (χ0) is 16.3. The normalized spacial score (nSPS) is 49.7. The number of rotatable bonds is 2. The molecule has 0 saturated heterocycles. The highest BCUT2D eigenvalue weighted by Crippen LogP contribution is 2.74. The third kappa shape index (κ3) is 2.30. The van der Waals surface area contributed by atoms with Gasteiger partial charge in [0.2, 0.25) is 0 Å². The molecule has 5 saturated carbocycles. The van der Waals surface area contributed by atoms with Crippen LogP contribution in [0.1, 0.15) is 90.4 Å². The van der Waals surface area contributed by atoms with Crippen LogP contribution in [-0.4, -0.2) is 0 Å². The zero-order valence-corrected chi connectivity index (χ0v) is 15.9. The molecule has 0 amide bonds. The van der Waals surface area contributed by atoms with Gasteiger partial charge in [0.25, 0.3) is 0 Å². The Morgan fingerprint density at radius 1 is 0.833 bits per heavy atom. The summed E-state index contributed by atoms with van der Waals surface area (Å²) in [4.78, 5) is 0. The minimum Gasteiger partial charge on any atom is -0.0996 e. The first-order valence-corrected chi connectivity index (χ1v) is 11.4. The standard InChI is InChI=1S/C24H38/c1-16-12-13-22-23(24(22,2)19-10-4-3-5-11-19)21-15-18(14-20(16)21)17-8-6-7-9-17/h17-23H,1,3-15H2,2H3. The quantitative estimate of drug-likeness (QED) is 0.479. The van der Waals surface area contributed by atoms with Crippen LogP contribution in [0.3, 0.4) is 0 Å². The maximum Gasteiger partial charge on any atom is -0.0172 e. The fraction of sp³-hybridized carbons (Fsp3) is 0.917. The van der Waals surface area contributed by atoms with Crippen LogP contribution in [0.2, 0.25) is 0 Å². The van der Waals surface area contributed by atoms with Crippen molar-refractivity contribution in [3.05, 3.63) is 12.2 Å². The highest BCUT2D eigenvalue weighted by Gasteiger charge is 2.68. The Labute approximate surface area is 149 Å². The second-order valence-electron chi connectivity index (χ2n) is 10.6. The summed E-state index contributed by atoms with van der Waals surface area (Å²) < 4.78 is 0. The largest absolute Gasteiger partial charge is 0.0996 e. The van der Waals surface area contributed by atoms with E-state index in [1.54, 1.807) is 37.7 Å². The van der Waals surface area contributed by atoms with Gasteiger partial charge in [-0.25, -0.2) is 0 Å². The van der Waals surface area contributed by atoms with Gasteiger partial charge in [-0.05, 0) is 85.4 Å². The van der Waals surface area contributed by atoms with Gasteiger partial charge in [0.05, 0.1) is 0 Å². The molecule has 0 bridgehead atoms. The molecule has 5 rings (SSSR count). The summed E-state index contributed by atoms with van der Waals surface area (Å²) in [7, 11) is 0. The summed E-state index contributed by atoms with van der Waals surface area (Å²) >= 11 is 0. The van der Waals surface area contributed by atoms with Crippen molar-refractivity contribution in [3.63, 3.8) is 0 Å². The lowest BCUT2D eigenvalue weighted by atomic mass is 9.73. The van der Waals surface area contributed by atoms with Crippen molar-refractivity contribution >= 4 is 0 Å². The first kappa shape index (κ1) is 16.0. The number of hydrogen-bond acceptors (Lipinski definition) is 0. The van der Waals surface area contributed by atoms with Crippen LogP contribution < -0.4 is 0 Å². The van der Waals surface area contributed by atoms with Gasteiger partial charge in [-0.1, -0.05) is 64.0 Å². The Bertz CT molecular complexity index is 492. The molecule has 0 aromatic carbocycles. The molecule has 6 unspecified atom stereocenters. The predicted octanol–water partition coefficient (Wildman–Crippen LogP) is 7.00. The molecule has 5 fully saturated rings. The van der Waals surface area contributed by atoms with Crippen LogP contribution in [-0.2, 0) is 0 Å². The number of hydrogen-bond donors (Lipinski definition) is 0. The first-order chi connectivity index (χ1) is 11.7. The maximum atomic E-state index is 4.59. The van der Waals surface area contributed by atoms with Crippen LogP contribution in [0.15, 0.2) is 12.2 Å². The molecule has 0 heterocycles. The van der Waals surface area contributed by atoms with E-state index in [0.717, 1.165) is 46.8 Å². The number of allylic oxidation sites excluding steroid dienone is 1. The van der Waals surface area contributed by atoms with Crippen LogP contribution in [0, 0.1) is 46.8 Å². The molecular weight excluding hydrogens is 288 g/mol. The monoisotopic (exact) mass is 326 g/mol. The summed E-state index contributed by atoms with van der Waals surface area (Å²) in [5.41, 5.74) is 2.40. The van der Waals surface area contributed by atoms with Crippen molar-refractivity contribution in [2.45, 2.75) is 90.4 Å². The molecule has 134 valence electrons. The third-order valence-electron chi connectivity index (χ3n) is 9.80. The van der Waals surface area contributed by atoms with E-state index < -0.39 is 0 Å². The van der Waals surface area contributed by atoms with Gasteiger partial charge in [-0.3, -0.25) is 0 Å². The van der Waals surface area contributed by atoms with Crippen molar-refractivity contribution in [2.75, 3.05) is 0 Å². The van der Waals surface area contributed by atoms with Gasteiger partial charge in [-0.15, -0.1) is 0 Å². The zero-order valence-electron chi connectivity index (χ0n) is 15.9. The fourth-order valence-electron chi connectivity index (χ4n) is 8.53. The van der Waals surface area contributed by atoms with Gasteiger partial charge in [0, 0.05) is 0 Å². The fourth-order valence-corrected chi connectivity index (χ4v) is 8.53. The molecule has 5 aliphatic rings. The Morgan fingerprint density at radius 3 is 2.29 bits per heavy atom. The molecular formula is C24H38. The minimum absolute atomic E-state index is 0.731. The molecule has 0 aliphatic heterocycles. The highest BCUT2D eigenvalue weighted by molar-refractivity contribution is 5.22. The van der Waals surface area contributed by atoms with Gasteiger partial charge in [0.1, 0.15) is 0 Å². The molecule has 0 aromatic rings. The average molecular weight is 327 g/mol. The van der Waals surface area contributed by atoms with Gasteiger partial charge in [-0.2, -0.15) is 0 Å². The Hall–Kier alpha value is -0.260. The minimum atomic E-state index is 0.731. The second kappa shape index (κ2) is 5.88. The number of fused-ring (bicyclic) bond motifs is 3. The van der Waals surface area contributed by atoms with E-state index in [2.05, 4.69) is 13.5 Å². The van der Waals surface area contributed by atoms with Crippen molar-refractivity contribution < 1.29 is 0 Å². The van der Waals surface area contributed by atoms with E-state index in [9.17, 15) is 0 Å². The van der Waals surface area contributed by atoms with Crippen LogP contribution in [0.5, 0.6) is 0 Å². The SMILES string of the molecule is C=C1CCC2C(C3CC(C4CCCC4)CC13)C2(C)C1CCCCC1. The Balaban J connectivity index is 1.37. The Kier molecular flexibility index (Phi) is 3.91. The smallest absolute Gasteiger partial charge is 0.0172 e. The highest BCUT2D eigenvalue weighted by atomic mass is 14.7. The topological polar surface area (TPSA) is 0 Å². The first-order valence-electron chi connectivity index (χ1n) is 11.4. The molecule has 0 N–H and O–H groups in total. The second-order valence-corrected chi connectivity index (χ2v) is 10.6. The average Bonchev–Trinajstić information content (AvgIpc) is 3.02. The van der Waals surface area contributed by atoms with E-state index in [4.69, 9.17) is 0 Å². The van der Waals surface area contributed by atoms with Crippen molar-refractivity contribution in [1.29, 1.82) is 0 Å². The summed E-state index contributed by atoms with van der Waals surface area (Å²) in [5, 5.41) is 0. The van der Waals surface area contributed by atoms with Gasteiger partial charge in [0.15, 0.2) is 0 Å². The van der Waals surface area contributed by atoms with Crippen molar-refractivity contribution in [2.24, 2.45) is 46.8 Å². The molecule has 0 nitrogen and oxygen atoms in total. The van der Waals surface area contributed by atoms with Crippen LogP contribution in [0.25, 0.3) is 0 Å². The lowest BCUT2D eigenvalue weighted by molar-refractivity contribution is 0.187. The lowest BCUT2D eigenvalue weighted by Crippen LogP contribution is -2.23. The molecule has 5 aliphatic carbocycles. The van der Waals surface area contributed by atoms with E-state index in [1.165, 1.54) is 51.4 Å². The van der Waals surface area contributed by atoms with Crippen LogP contribution >= 0.6 is 0 Å². The summed E-state index contributed by atoms with van der Waals surface area (Å²) in [6.07, 6.45) is 19.7. The van der Waals surface area contributed by atoms with Crippen LogP contribution in [0.4, 0.5) is 0 Å². The molecule has 24 heavy (non-hydrogen) atoms. The summed E-state index contributed by atoms with van der Waals surface area (Å²) in [5.74, 6) is 7.31. The van der Waals surface area contributed by atoms with Crippen molar-refractivity contribution in [1.82, 2.24) is 0 Å². The molecule has 0 aromatic heterocycles. The van der Waals surface area contributed by atoms with E-state index in [-0.39, 0.29) is 0 Å². The third-order valence-corrected chi connectivity index (χ3v) is 9.80. The Morgan fingerprint density at radius 2 is 1.54 bits per heavy atom. The van der Waals surface area contributed by atoms with Crippen molar-refractivity contribution in [3.8, 4) is 0 Å². The molecule has 6 atom stereocenters. The van der Waals surface area contributed by atoms with E-state index in [0.29, 0.717) is 0 Å². The van der Waals surface area contributed by atoms with Gasteiger partial charge < -0.3 is 0 Å². The molecule has 0 radical (unpaired) electrons.